The molecular formula is C14H17F3N4O4. The molecule has 1 aliphatic rings. The lowest BCUT2D eigenvalue weighted by Crippen LogP contribution is -2.63. The molecule has 1 atom stereocenters. The van der Waals surface area contributed by atoms with Crippen LogP contribution in [0.25, 0.3) is 0 Å². The molecule has 1 aromatic rings. The molecular weight excluding hydrogens is 345 g/mol. The molecule has 0 bridgehead atoms. The largest absolute Gasteiger partial charge is 0.425 e. The number of carbonyl (C=O) groups is 2. The highest BCUT2D eigenvalue weighted by atomic mass is 19.4. The van der Waals surface area contributed by atoms with Crippen LogP contribution >= 0.6 is 0 Å². The van der Waals surface area contributed by atoms with Crippen LogP contribution in [0.3, 0.4) is 0 Å². The van der Waals surface area contributed by atoms with E-state index in [-0.39, 0.29) is 0 Å². The molecule has 11 heteroatoms. The van der Waals surface area contributed by atoms with Gasteiger partial charge in [-0.3, -0.25) is 23.5 Å². The predicted molar refractivity (Wildman–Crippen MR) is 80.9 cm³/mol. The number of nitrogens with one attached hydrogen (secondary N) is 2. The first-order valence-corrected chi connectivity index (χ1v) is 7.17. The van der Waals surface area contributed by atoms with Gasteiger partial charge in [0.25, 0.3) is 11.5 Å². The summed E-state index contributed by atoms with van der Waals surface area (Å²) in [4.78, 5) is 48.8. The van der Waals surface area contributed by atoms with Gasteiger partial charge < -0.3 is 10.6 Å². The smallest absolute Gasteiger partial charge is 0.330 e. The van der Waals surface area contributed by atoms with Gasteiger partial charge in [-0.25, -0.2) is 4.79 Å². The summed E-state index contributed by atoms with van der Waals surface area (Å²) in [6.45, 7) is 4.08. The fourth-order valence-electron chi connectivity index (χ4n) is 2.46. The lowest BCUT2D eigenvalue weighted by Gasteiger charge is -2.32. The van der Waals surface area contributed by atoms with Gasteiger partial charge in [-0.05, 0) is 0 Å². The molecule has 0 aliphatic carbocycles. The number of halogens is 3. The molecule has 0 unspecified atom stereocenters. The number of anilines is 1. The molecule has 25 heavy (non-hydrogen) atoms. The maximum absolute atomic E-state index is 13.9. The molecule has 1 aromatic heterocycles. The number of carbonyl (C=O) groups excluding carboxylic acids is 2. The third-order valence-corrected chi connectivity index (χ3v) is 4.02. The third kappa shape index (κ3) is 2.45. The molecule has 1 aliphatic heterocycles. The average molecular weight is 362 g/mol. The SMILES string of the molecule is Cn1c2c(c(=O)n(C)c1=O)[C@@](NC(=O)C(C)(C)C)(C(F)(F)F)C(=O)N2. The summed E-state index contributed by atoms with van der Waals surface area (Å²) in [5, 5.41) is 3.59. The minimum Gasteiger partial charge on any atom is -0.330 e. The zero-order valence-corrected chi connectivity index (χ0v) is 14.2. The highest BCUT2D eigenvalue weighted by molar-refractivity contribution is 6.07. The van der Waals surface area contributed by atoms with Crippen molar-refractivity contribution in [2.24, 2.45) is 19.5 Å². The molecule has 2 amide bonds. The second kappa shape index (κ2) is 5.20. The van der Waals surface area contributed by atoms with E-state index in [4.69, 9.17) is 0 Å². The number of amides is 2. The van der Waals surface area contributed by atoms with Crippen molar-refractivity contribution in [3.8, 4) is 0 Å². The van der Waals surface area contributed by atoms with Gasteiger partial charge >= 0.3 is 11.9 Å². The predicted octanol–water partition coefficient (Wildman–Crippen LogP) is -0.0440. The van der Waals surface area contributed by atoms with E-state index < -0.39 is 51.6 Å². The molecule has 2 N–H and O–H groups in total. The normalized spacial score (nSPS) is 20.2. The zero-order valence-electron chi connectivity index (χ0n) is 14.2. The molecule has 0 saturated carbocycles. The van der Waals surface area contributed by atoms with E-state index in [0.717, 1.165) is 14.1 Å². The lowest BCUT2D eigenvalue weighted by molar-refractivity contribution is -0.202. The second-order valence-corrected chi connectivity index (χ2v) is 6.84. The first-order valence-electron chi connectivity index (χ1n) is 7.17. The van der Waals surface area contributed by atoms with Gasteiger partial charge in [-0.15, -0.1) is 0 Å². The molecule has 0 fully saturated rings. The number of rotatable bonds is 1. The summed E-state index contributed by atoms with van der Waals surface area (Å²) in [5.74, 6) is -3.32. The lowest BCUT2D eigenvalue weighted by atomic mass is 9.88. The quantitative estimate of drug-likeness (QED) is 0.732. The second-order valence-electron chi connectivity index (χ2n) is 6.84. The van der Waals surface area contributed by atoms with Gasteiger partial charge in [0.15, 0.2) is 0 Å². The van der Waals surface area contributed by atoms with Crippen LogP contribution in [-0.2, 0) is 29.2 Å². The van der Waals surface area contributed by atoms with Crippen LogP contribution in [-0.4, -0.2) is 27.1 Å². The number of aromatic nitrogens is 2. The summed E-state index contributed by atoms with van der Waals surface area (Å²) in [5.41, 5.74) is -8.10. The summed E-state index contributed by atoms with van der Waals surface area (Å²) in [6.07, 6.45) is -5.31. The summed E-state index contributed by atoms with van der Waals surface area (Å²) in [6, 6.07) is 0. The van der Waals surface area contributed by atoms with Crippen molar-refractivity contribution in [2.45, 2.75) is 32.5 Å². The van der Waals surface area contributed by atoms with Crippen molar-refractivity contribution in [2.75, 3.05) is 5.32 Å². The van der Waals surface area contributed by atoms with Crippen molar-refractivity contribution >= 4 is 17.6 Å². The van der Waals surface area contributed by atoms with E-state index in [0.29, 0.717) is 9.13 Å². The van der Waals surface area contributed by atoms with Crippen LogP contribution in [0.4, 0.5) is 19.0 Å². The zero-order chi connectivity index (χ0) is 19.5. The fourth-order valence-corrected chi connectivity index (χ4v) is 2.46. The molecule has 138 valence electrons. The Balaban J connectivity index is 2.91. The van der Waals surface area contributed by atoms with E-state index in [1.165, 1.54) is 20.8 Å². The van der Waals surface area contributed by atoms with Crippen molar-refractivity contribution in [1.82, 2.24) is 14.5 Å². The Morgan fingerprint density at radius 3 is 2.04 bits per heavy atom. The summed E-state index contributed by atoms with van der Waals surface area (Å²) < 4.78 is 42.9. The maximum atomic E-state index is 13.9. The number of hydrogen-bond donors (Lipinski definition) is 2. The molecule has 2 heterocycles. The van der Waals surface area contributed by atoms with Crippen LogP contribution in [0.5, 0.6) is 0 Å². The Hall–Kier alpha value is -2.59. The molecule has 0 aromatic carbocycles. The Morgan fingerprint density at radius 2 is 1.60 bits per heavy atom. The first kappa shape index (κ1) is 18.7. The number of alkyl halides is 3. The topological polar surface area (TPSA) is 102 Å². The van der Waals surface area contributed by atoms with Gasteiger partial charge in [0.1, 0.15) is 11.4 Å². The molecule has 8 nitrogen and oxygen atoms in total. The first-order chi connectivity index (χ1) is 11.2. The van der Waals surface area contributed by atoms with Crippen molar-refractivity contribution in [3.05, 3.63) is 26.4 Å². The van der Waals surface area contributed by atoms with Gasteiger partial charge in [-0.1, -0.05) is 20.8 Å². The van der Waals surface area contributed by atoms with E-state index in [9.17, 15) is 32.3 Å². The van der Waals surface area contributed by atoms with Gasteiger partial charge in [0, 0.05) is 19.5 Å². The number of hydrogen-bond acceptors (Lipinski definition) is 4. The van der Waals surface area contributed by atoms with E-state index in [1.807, 2.05) is 5.32 Å². The minimum atomic E-state index is -5.31. The van der Waals surface area contributed by atoms with Crippen LogP contribution in [0.1, 0.15) is 26.3 Å². The van der Waals surface area contributed by atoms with Crippen LogP contribution < -0.4 is 21.9 Å². The van der Waals surface area contributed by atoms with Gasteiger partial charge in [0.05, 0.1) is 0 Å². The Kier molecular flexibility index (Phi) is 3.90. The van der Waals surface area contributed by atoms with Gasteiger partial charge in [-0.2, -0.15) is 13.2 Å². The summed E-state index contributed by atoms with van der Waals surface area (Å²) in [7, 11) is 2.10. The molecule has 0 spiro atoms. The monoisotopic (exact) mass is 362 g/mol. The van der Waals surface area contributed by atoms with Crippen LogP contribution in [0.15, 0.2) is 9.59 Å². The molecule has 0 saturated heterocycles. The van der Waals surface area contributed by atoms with Crippen molar-refractivity contribution < 1.29 is 22.8 Å². The standard InChI is InChI=1S/C14H17F3N4O4/c1-12(2,3)9(23)19-13(14(15,16)17)6-7(18-10(13)24)20(4)11(25)21(5)8(6)22/h1-5H3,(H,18,24)(H,19,23)/t13-/m0/s1. The Labute approximate surface area is 139 Å². The highest BCUT2D eigenvalue weighted by Crippen LogP contribution is 2.45. The average Bonchev–Trinajstić information content (AvgIpc) is 2.76. The maximum Gasteiger partial charge on any atom is 0.425 e. The minimum absolute atomic E-state index is 0.447. The molecule has 2 rings (SSSR count). The Morgan fingerprint density at radius 1 is 1.08 bits per heavy atom. The highest BCUT2D eigenvalue weighted by Gasteiger charge is 2.68. The number of nitrogens with zero attached hydrogens (tertiary/aromatic N) is 2. The third-order valence-electron chi connectivity index (χ3n) is 4.02. The van der Waals surface area contributed by atoms with Crippen molar-refractivity contribution in [3.63, 3.8) is 0 Å². The van der Waals surface area contributed by atoms with E-state index in [1.54, 1.807) is 5.32 Å². The van der Waals surface area contributed by atoms with Crippen LogP contribution in [0.2, 0.25) is 0 Å². The van der Waals surface area contributed by atoms with E-state index >= 15 is 0 Å². The molecule has 0 radical (unpaired) electrons. The Bertz CT molecular complexity index is 892. The van der Waals surface area contributed by atoms with Gasteiger partial charge in [0.2, 0.25) is 11.4 Å². The fraction of sp³-hybridized carbons (Fsp3) is 0.571. The van der Waals surface area contributed by atoms with E-state index in [2.05, 4.69) is 0 Å². The van der Waals surface area contributed by atoms with Crippen LogP contribution in [0, 0.1) is 5.41 Å². The summed E-state index contributed by atoms with van der Waals surface area (Å²) >= 11 is 0. The van der Waals surface area contributed by atoms with Crippen molar-refractivity contribution in [1.29, 1.82) is 0 Å². The number of fused-ring (bicyclic) bond motifs is 1.